The predicted octanol–water partition coefficient (Wildman–Crippen LogP) is 3.50. The first-order valence-electron chi connectivity index (χ1n) is 11.7. The summed E-state index contributed by atoms with van der Waals surface area (Å²) in [7, 11) is 0. The molecule has 3 aromatic rings. The van der Waals surface area contributed by atoms with Gasteiger partial charge in [0.05, 0.1) is 18.4 Å². The molecule has 0 saturated heterocycles. The molecule has 34 heavy (non-hydrogen) atoms. The summed E-state index contributed by atoms with van der Waals surface area (Å²) in [4.78, 5) is 4.17. The van der Waals surface area contributed by atoms with E-state index < -0.39 is 11.6 Å². The highest BCUT2D eigenvalue weighted by Gasteiger charge is 2.22. The number of nitrogen functional groups attached to an aromatic ring is 3. The fourth-order valence-electron chi connectivity index (χ4n) is 4.77. The van der Waals surface area contributed by atoms with Gasteiger partial charge in [-0.25, -0.2) is 19.6 Å². The molecule has 2 aromatic heterocycles. The van der Waals surface area contributed by atoms with Crippen LogP contribution in [0.25, 0.3) is 0 Å². The normalized spacial score (nSPS) is 15.4. The minimum atomic E-state index is -0.615. The zero-order chi connectivity index (χ0) is 24.1. The third kappa shape index (κ3) is 5.81. The van der Waals surface area contributed by atoms with E-state index in [0.717, 1.165) is 30.2 Å². The van der Waals surface area contributed by atoms with Crippen LogP contribution in [0.1, 0.15) is 61.1 Å². The number of pyridine rings is 1. The van der Waals surface area contributed by atoms with E-state index in [2.05, 4.69) is 20.8 Å². The molecule has 8 N–H and O–H groups in total. The Bertz CT molecular complexity index is 1090. The second-order valence-electron chi connectivity index (χ2n) is 8.92. The topological polar surface area (TPSA) is 133 Å². The van der Waals surface area contributed by atoms with Crippen molar-refractivity contribution in [3.63, 3.8) is 0 Å². The maximum absolute atomic E-state index is 13.6. The van der Waals surface area contributed by atoms with Gasteiger partial charge in [-0.05, 0) is 60.7 Å². The van der Waals surface area contributed by atoms with E-state index in [1.807, 2.05) is 6.20 Å². The molecule has 8 nitrogen and oxygen atoms in total. The number of nitrogens with one attached hydrogen (secondary N) is 2. The molecule has 0 radical (unpaired) electrons. The lowest BCUT2D eigenvalue weighted by Gasteiger charge is -2.25. The van der Waals surface area contributed by atoms with Gasteiger partial charge in [0.15, 0.2) is 5.82 Å². The number of anilines is 3. The SMILES string of the molecule is NNc1nc(N)cc(C(CCNC2CCCCC2)c2cnn(Cc3cc(F)cc(F)c3)c2)c1N. The summed E-state index contributed by atoms with van der Waals surface area (Å²) >= 11 is 0. The van der Waals surface area contributed by atoms with Crippen molar-refractivity contribution in [1.82, 2.24) is 20.1 Å². The van der Waals surface area contributed by atoms with Gasteiger partial charge in [0.1, 0.15) is 17.5 Å². The van der Waals surface area contributed by atoms with E-state index in [-0.39, 0.29) is 12.5 Å². The molecule has 0 aliphatic heterocycles. The molecular formula is C24H32F2N8. The van der Waals surface area contributed by atoms with Gasteiger partial charge in [-0.1, -0.05) is 19.3 Å². The monoisotopic (exact) mass is 470 g/mol. The molecule has 0 spiro atoms. The Labute approximate surface area is 197 Å². The van der Waals surface area contributed by atoms with Crippen molar-refractivity contribution in [1.29, 1.82) is 0 Å². The lowest BCUT2D eigenvalue weighted by Crippen LogP contribution is -2.32. The third-order valence-electron chi connectivity index (χ3n) is 6.42. The molecule has 1 atom stereocenters. The highest BCUT2D eigenvalue weighted by atomic mass is 19.1. The van der Waals surface area contributed by atoms with Gasteiger partial charge in [-0.15, -0.1) is 0 Å². The lowest BCUT2D eigenvalue weighted by molar-refractivity contribution is 0.370. The minimum Gasteiger partial charge on any atom is -0.395 e. The quantitative estimate of drug-likeness (QED) is 0.239. The highest BCUT2D eigenvalue weighted by Crippen LogP contribution is 2.35. The van der Waals surface area contributed by atoms with Gasteiger partial charge < -0.3 is 22.2 Å². The molecule has 1 aromatic carbocycles. The van der Waals surface area contributed by atoms with E-state index in [1.54, 1.807) is 16.9 Å². The van der Waals surface area contributed by atoms with Crippen LogP contribution in [0.15, 0.2) is 36.7 Å². The van der Waals surface area contributed by atoms with Gasteiger partial charge in [-0.2, -0.15) is 5.10 Å². The van der Waals surface area contributed by atoms with Gasteiger partial charge in [0, 0.05) is 24.2 Å². The Balaban J connectivity index is 1.58. The van der Waals surface area contributed by atoms with Crippen molar-refractivity contribution in [3.05, 3.63) is 65.0 Å². The number of benzene rings is 1. The van der Waals surface area contributed by atoms with E-state index in [9.17, 15) is 8.78 Å². The highest BCUT2D eigenvalue weighted by molar-refractivity contribution is 5.70. The van der Waals surface area contributed by atoms with Crippen LogP contribution in [0, 0.1) is 11.6 Å². The number of nitrogens with two attached hydrogens (primary N) is 3. The van der Waals surface area contributed by atoms with Crippen molar-refractivity contribution in [2.24, 2.45) is 5.84 Å². The van der Waals surface area contributed by atoms with Gasteiger partial charge in [-0.3, -0.25) is 4.68 Å². The van der Waals surface area contributed by atoms with Crippen LogP contribution in [0.3, 0.4) is 0 Å². The number of nitrogens with zero attached hydrogens (tertiary/aromatic N) is 3. The molecule has 1 saturated carbocycles. The van der Waals surface area contributed by atoms with Crippen LogP contribution in [-0.4, -0.2) is 27.4 Å². The number of rotatable bonds is 9. The second kappa shape index (κ2) is 10.8. The smallest absolute Gasteiger partial charge is 0.165 e. The molecule has 4 rings (SSSR count). The zero-order valence-corrected chi connectivity index (χ0v) is 19.1. The van der Waals surface area contributed by atoms with Crippen LogP contribution in [0.4, 0.5) is 26.1 Å². The Morgan fingerprint density at radius 3 is 2.50 bits per heavy atom. The van der Waals surface area contributed by atoms with Crippen LogP contribution in [-0.2, 0) is 6.54 Å². The van der Waals surface area contributed by atoms with Crippen molar-refractivity contribution in [2.75, 3.05) is 23.4 Å². The van der Waals surface area contributed by atoms with Crippen molar-refractivity contribution in [3.8, 4) is 0 Å². The maximum Gasteiger partial charge on any atom is 0.165 e. The summed E-state index contributed by atoms with van der Waals surface area (Å²) in [6.07, 6.45) is 10.6. The summed E-state index contributed by atoms with van der Waals surface area (Å²) in [6, 6.07) is 5.75. The van der Waals surface area contributed by atoms with Crippen LogP contribution < -0.4 is 28.1 Å². The first-order chi connectivity index (χ1) is 16.4. The van der Waals surface area contributed by atoms with Gasteiger partial charge >= 0.3 is 0 Å². The number of halogens is 2. The second-order valence-corrected chi connectivity index (χ2v) is 8.92. The van der Waals surface area contributed by atoms with E-state index >= 15 is 0 Å². The molecule has 182 valence electrons. The Kier molecular flexibility index (Phi) is 7.59. The largest absolute Gasteiger partial charge is 0.395 e. The minimum absolute atomic E-state index is 0.119. The first kappa shape index (κ1) is 23.9. The molecule has 1 aliphatic rings. The Hall–Kier alpha value is -3.24. The average Bonchev–Trinajstić information content (AvgIpc) is 3.26. The summed E-state index contributed by atoms with van der Waals surface area (Å²) in [5, 5.41) is 8.11. The van der Waals surface area contributed by atoms with E-state index in [1.165, 1.54) is 44.2 Å². The van der Waals surface area contributed by atoms with Crippen molar-refractivity contribution in [2.45, 2.75) is 57.0 Å². The Morgan fingerprint density at radius 2 is 1.79 bits per heavy atom. The van der Waals surface area contributed by atoms with Crippen molar-refractivity contribution < 1.29 is 8.78 Å². The van der Waals surface area contributed by atoms with Crippen LogP contribution in [0.2, 0.25) is 0 Å². The summed E-state index contributed by atoms with van der Waals surface area (Å²) < 4.78 is 28.9. The molecule has 2 heterocycles. The third-order valence-corrected chi connectivity index (χ3v) is 6.42. The molecule has 1 aliphatic carbocycles. The first-order valence-corrected chi connectivity index (χ1v) is 11.7. The predicted molar refractivity (Wildman–Crippen MR) is 130 cm³/mol. The standard InChI is InChI=1S/C24H32F2N8/c25-17-8-15(9-18(26)10-17)13-34-14-16(12-31-34)20(6-7-30-19-4-2-1-3-5-19)21-11-22(27)32-24(33-29)23(21)28/h8-12,14,19-20,30H,1-7,13,28-29H2,(H3,27,32,33). The van der Waals surface area contributed by atoms with Gasteiger partial charge in [0.2, 0.25) is 0 Å². The van der Waals surface area contributed by atoms with E-state index in [4.69, 9.17) is 17.3 Å². The average molecular weight is 471 g/mol. The molecule has 10 heteroatoms. The summed E-state index contributed by atoms with van der Waals surface area (Å²) in [5.74, 6) is 4.88. The van der Waals surface area contributed by atoms with Crippen molar-refractivity contribution >= 4 is 17.3 Å². The van der Waals surface area contributed by atoms with E-state index in [0.29, 0.717) is 28.9 Å². The fraction of sp³-hybridized carbons (Fsp3) is 0.417. The zero-order valence-electron chi connectivity index (χ0n) is 19.1. The molecular weight excluding hydrogens is 438 g/mol. The fourth-order valence-corrected chi connectivity index (χ4v) is 4.77. The Morgan fingerprint density at radius 1 is 1.06 bits per heavy atom. The molecule has 0 amide bonds. The molecule has 1 unspecified atom stereocenters. The maximum atomic E-state index is 13.6. The molecule has 0 bridgehead atoms. The van der Waals surface area contributed by atoms with Crippen LogP contribution >= 0.6 is 0 Å². The van der Waals surface area contributed by atoms with Gasteiger partial charge in [0.25, 0.3) is 0 Å². The summed E-state index contributed by atoms with van der Waals surface area (Å²) in [6.45, 7) is 1.04. The molecule has 1 fully saturated rings. The number of aromatic nitrogens is 3. The number of hydrazine groups is 1. The number of hydrogen-bond donors (Lipinski definition) is 5. The number of hydrogen-bond acceptors (Lipinski definition) is 7. The lowest BCUT2D eigenvalue weighted by atomic mass is 9.89. The summed E-state index contributed by atoms with van der Waals surface area (Å²) in [5.41, 5.74) is 17.6. The van der Waals surface area contributed by atoms with Crippen LogP contribution in [0.5, 0.6) is 0 Å².